The van der Waals surface area contributed by atoms with Crippen molar-refractivity contribution < 1.29 is 37.0 Å². The van der Waals surface area contributed by atoms with Crippen LogP contribution in [0.15, 0.2) is 0 Å². The number of benzene rings is 1. The van der Waals surface area contributed by atoms with Gasteiger partial charge in [-0.05, 0) is 0 Å². The van der Waals surface area contributed by atoms with E-state index in [1.807, 2.05) is 0 Å². The van der Waals surface area contributed by atoms with Crippen LogP contribution in [0.25, 0.3) is 0 Å². The van der Waals surface area contributed by atoms with Crippen molar-refractivity contribution in [2.75, 3.05) is 5.75 Å². The molecular formula is C9H4F4O4S. The second-order valence-corrected chi connectivity index (χ2v) is 3.21. The summed E-state index contributed by atoms with van der Waals surface area (Å²) in [5, 5.41) is 8.57. The predicted octanol–water partition coefficient (Wildman–Crippen LogP) is 1.78. The minimum absolute atomic E-state index is 0.598. The van der Waals surface area contributed by atoms with Crippen LogP contribution in [-0.4, -0.2) is 22.8 Å². The van der Waals surface area contributed by atoms with Gasteiger partial charge in [0, 0.05) is 0 Å². The van der Waals surface area contributed by atoms with Crippen LogP contribution >= 0.6 is 12.6 Å². The van der Waals surface area contributed by atoms with Gasteiger partial charge in [-0.15, -0.1) is 0 Å². The number of aromatic carboxylic acids is 1. The molecule has 0 heterocycles. The lowest BCUT2D eigenvalue weighted by Crippen LogP contribution is -2.17. The Kier molecular flexibility index (Phi) is 4.17. The van der Waals surface area contributed by atoms with Gasteiger partial charge in [0.05, 0.1) is 5.75 Å². The number of carboxylic acids is 1. The molecular weight excluding hydrogens is 280 g/mol. The maximum atomic E-state index is 13.2. The Morgan fingerprint density at radius 2 is 1.56 bits per heavy atom. The van der Waals surface area contributed by atoms with E-state index in [9.17, 15) is 27.2 Å². The Labute approximate surface area is 103 Å². The molecule has 0 aliphatic rings. The van der Waals surface area contributed by atoms with E-state index < -0.39 is 52.3 Å². The summed E-state index contributed by atoms with van der Waals surface area (Å²) < 4.78 is 56.1. The first kappa shape index (κ1) is 14.3. The highest BCUT2D eigenvalue weighted by molar-refractivity contribution is 7.81. The Morgan fingerprint density at radius 3 is 2.00 bits per heavy atom. The number of rotatable bonds is 3. The van der Waals surface area contributed by atoms with Crippen molar-refractivity contribution in [3.8, 4) is 5.75 Å². The Morgan fingerprint density at radius 1 is 1.06 bits per heavy atom. The van der Waals surface area contributed by atoms with Crippen molar-refractivity contribution in [3.63, 3.8) is 0 Å². The third kappa shape index (κ3) is 2.40. The minimum Gasteiger partial charge on any atom is -0.477 e. The van der Waals surface area contributed by atoms with E-state index in [2.05, 4.69) is 17.4 Å². The SMILES string of the molecule is O=C(CS)Oc1c(F)c(F)c(F)c(F)c1C(=O)O. The van der Waals surface area contributed by atoms with Crippen LogP contribution in [0.5, 0.6) is 5.75 Å². The number of esters is 1. The highest BCUT2D eigenvalue weighted by Crippen LogP contribution is 2.30. The van der Waals surface area contributed by atoms with Crippen molar-refractivity contribution in [2.24, 2.45) is 0 Å². The Hall–Kier alpha value is -1.77. The number of hydrogen-bond acceptors (Lipinski definition) is 4. The van der Waals surface area contributed by atoms with E-state index in [4.69, 9.17) is 5.11 Å². The zero-order valence-electron chi connectivity index (χ0n) is 8.34. The summed E-state index contributed by atoms with van der Waals surface area (Å²) in [5.74, 6) is -14.4. The molecule has 1 rings (SSSR count). The molecule has 9 heteroatoms. The fraction of sp³-hybridized carbons (Fsp3) is 0.111. The van der Waals surface area contributed by atoms with Gasteiger partial charge in [-0.3, -0.25) is 4.79 Å². The highest BCUT2D eigenvalue weighted by Gasteiger charge is 2.31. The number of carbonyl (C=O) groups is 2. The number of carboxylic acid groups (broad SMARTS) is 1. The van der Waals surface area contributed by atoms with Gasteiger partial charge in [-0.2, -0.15) is 17.0 Å². The molecule has 1 aromatic carbocycles. The van der Waals surface area contributed by atoms with Crippen molar-refractivity contribution >= 4 is 24.6 Å². The first-order chi connectivity index (χ1) is 8.31. The van der Waals surface area contributed by atoms with Crippen LogP contribution < -0.4 is 4.74 Å². The number of halogens is 4. The molecule has 0 spiro atoms. The first-order valence-electron chi connectivity index (χ1n) is 4.22. The van der Waals surface area contributed by atoms with E-state index in [0.29, 0.717) is 0 Å². The van der Waals surface area contributed by atoms with Crippen LogP contribution in [0.2, 0.25) is 0 Å². The van der Waals surface area contributed by atoms with Gasteiger partial charge in [-0.1, -0.05) is 0 Å². The average molecular weight is 284 g/mol. The molecule has 0 saturated heterocycles. The molecule has 18 heavy (non-hydrogen) atoms. The highest BCUT2D eigenvalue weighted by atomic mass is 32.1. The lowest BCUT2D eigenvalue weighted by atomic mass is 10.1. The summed E-state index contributed by atoms with van der Waals surface area (Å²) in [6.45, 7) is 0. The summed E-state index contributed by atoms with van der Waals surface area (Å²) in [5.41, 5.74) is -1.61. The van der Waals surface area contributed by atoms with Crippen LogP contribution in [0.3, 0.4) is 0 Å². The molecule has 98 valence electrons. The topological polar surface area (TPSA) is 63.6 Å². The molecule has 0 amide bonds. The zero-order valence-corrected chi connectivity index (χ0v) is 9.23. The standard InChI is InChI=1S/C9H4F4O4S/c10-4-3(9(15)16)8(17-2(14)1-18)7(13)6(12)5(4)11/h18H,1H2,(H,15,16). The molecule has 0 saturated carbocycles. The van der Waals surface area contributed by atoms with Gasteiger partial charge in [0.25, 0.3) is 0 Å². The number of hydrogen-bond donors (Lipinski definition) is 2. The molecule has 4 nitrogen and oxygen atoms in total. The quantitative estimate of drug-likeness (QED) is 0.222. The summed E-state index contributed by atoms with van der Waals surface area (Å²) in [7, 11) is 0. The second-order valence-electron chi connectivity index (χ2n) is 2.90. The minimum atomic E-state index is -2.31. The fourth-order valence-corrected chi connectivity index (χ4v) is 1.11. The van der Waals surface area contributed by atoms with Gasteiger partial charge in [0.15, 0.2) is 17.4 Å². The maximum absolute atomic E-state index is 13.2. The molecule has 0 aliphatic carbocycles. The average Bonchev–Trinajstić information content (AvgIpc) is 2.32. The molecule has 1 aromatic rings. The van der Waals surface area contributed by atoms with Crippen molar-refractivity contribution in [1.82, 2.24) is 0 Å². The van der Waals surface area contributed by atoms with Crippen LogP contribution in [0.4, 0.5) is 17.6 Å². The Balaban J connectivity index is 3.56. The number of ether oxygens (including phenoxy) is 1. The maximum Gasteiger partial charge on any atom is 0.342 e. The van der Waals surface area contributed by atoms with Gasteiger partial charge in [0.2, 0.25) is 11.6 Å². The molecule has 0 aliphatic heterocycles. The normalized spacial score (nSPS) is 10.3. The lowest BCUT2D eigenvalue weighted by molar-refractivity contribution is -0.131. The van der Waals surface area contributed by atoms with Gasteiger partial charge in [0.1, 0.15) is 5.56 Å². The largest absolute Gasteiger partial charge is 0.477 e. The van der Waals surface area contributed by atoms with E-state index >= 15 is 0 Å². The molecule has 0 radical (unpaired) electrons. The summed E-state index contributed by atoms with van der Waals surface area (Å²) >= 11 is 3.43. The van der Waals surface area contributed by atoms with Crippen molar-refractivity contribution in [2.45, 2.75) is 0 Å². The van der Waals surface area contributed by atoms with E-state index in [1.165, 1.54) is 0 Å². The molecule has 0 bridgehead atoms. The third-order valence-corrected chi connectivity index (χ3v) is 2.04. The molecule has 0 fully saturated rings. The fourth-order valence-electron chi connectivity index (χ4n) is 1.04. The summed E-state index contributed by atoms with van der Waals surface area (Å²) in [6.07, 6.45) is 0. The van der Waals surface area contributed by atoms with Gasteiger partial charge < -0.3 is 9.84 Å². The van der Waals surface area contributed by atoms with E-state index in [-0.39, 0.29) is 0 Å². The van der Waals surface area contributed by atoms with Crippen LogP contribution in [0.1, 0.15) is 10.4 Å². The first-order valence-corrected chi connectivity index (χ1v) is 4.85. The predicted molar refractivity (Wildman–Crippen MR) is 52.7 cm³/mol. The van der Waals surface area contributed by atoms with E-state index in [1.54, 1.807) is 0 Å². The van der Waals surface area contributed by atoms with Crippen LogP contribution in [-0.2, 0) is 4.79 Å². The molecule has 0 atom stereocenters. The van der Waals surface area contributed by atoms with Crippen molar-refractivity contribution in [1.29, 1.82) is 0 Å². The second kappa shape index (κ2) is 5.25. The summed E-state index contributed by atoms with van der Waals surface area (Å²) in [4.78, 5) is 21.4. The molecule has 0 aromatic heterocycles. The molecule has 0 unspecified atom stereocenters. The smallest absolute Gasteiger partial charge is 0.342 e. The van der Waals surface area contributed by atoms with Crippen LogP contribution in [0, 0.1) is 23.3 Å². The van der Waals surface area contributed by atoms with Gasteiger partial charge >= 0.3 is 11.9 Å². The van der Waals surface area contributed by atoms with Crippen molar-refractivity contribution in [3.05, 3.63) is 28.8 Å². The number of thiol groups is 1. The molecule has 1 N–H and O–H groups in total. The lowest BCUT2D eigenvalue weighted by Gasteiger charge is -2.10. The third-order valence-electron chi connectivity index (χ3n) is 1.78. The van der Waals surface area contributed by atoms with E-state index in [0.717, 1.165) is 0 Å². The summed E-state index contributed by atoms with van der Waals surface area (Å²) in [6, 6.07) is 0. The monoisotopic (exact) mass is 284 g/mol. The Bertz CT molecular complexity index is 532. The van der Waals surface area contributed by atoms with Gasteiger partial charge in [-0.25, -0.2) is 18.0 Å². The zero-order chi connectivity index (χ0) is 14.0. The number of carbonyl (C=O) groups excluding carboxylic acids is 1.